The maximum absolute atomic E-state index is 4.74. The van der Waals surface area contributed by atoms with E-state index >= 15 is 0 Å². The molecule has 23 heavy (non-hydrogen) atoms. The predicted octanol–water partition coefficient (Wildman–Crippen LogP) is 10.3. The van der Waals surface area contributed by atoms with Crippen molar-refractivity contribution >= 4 is 29.8 Å². The van der Waals surface area contributed by atoms with Crippen molar-refractivity contribution in [2.75, 3.05) is 0 Å². The molecule has 0 aliphatic heterocycles. The maximum Gasteiger partial charge on any atom is 0.141 e. The van der Waals surface area contributed by atoms with Crippen molar-refractivity contribution in [2.24, 2.45) is 0 Å². The summed E-state index contributed by atoms with van der Waals surface area (Å²) in [6.45, 7) is 4.59. The quantitative estimate of drug-likeness (QED) is 0.173. The maximum atomic E-state index is 4.74. The SMILES string of the molecule is CCCCCCCCCCCCCCCCCCCC.Cl[P]Cl. The summed E-state index contributed by atoms with van der Waals surface area (Å²) in [5.74, 6) is 0. The Bertz CT molecular complexity index is 159. The Balaban J connectivity index is 0. The lowest BCUT2D eigenvalue weighted by Crippen LogP contribution is -1.83. The van der Waals surface area contributed by atoms with Crippen LogP contribution in [0.25, 0.3) is 0 Å². The molecule has 1 radical (unpaired) electrons. The van der Waals surface area contributed by atoms with Crippen LogP contribution in [-0.4, -0.2) is 0 Å². The van der Waals surface area contributed by atoms with E-state index in [9.17, 15) is 0 Å². The molecule has 0 heterocycles. The van der Waals surface area contributed by atoms with Gasteiger partial charge in [0.15, 0.2) is 0 Å². The Hall–Kier alpha value is 1.01. The van der Waals surface area contributed by atoms with E-state index in [1.54, 1.807) is 0 Å². The summed E-state index contributed by atoms with van der Waals surface area (Å²) in [7, 11) is 0.361. The summed E-state index contributed by atoms with van der Waals surface area (Å²) in [5.41, 5.74) is 0. The standard InChI is InChI=1S/C20H42.Cl2P/c1-3-5-7-9-11-13-15-17-19-20-18-16-14-12-10-8-6-4-2;1-3-2/h3-20H2,1-2H3;. The zero-order valence-corrected chi connectivity index (χ0v) is 18.3. The monoisotopic (exact) mass is 383 g/mol. The molecule has 0 bridgehead atoms. The molecule has 0 nitrogen and oxygen atoms in total. The van der Waals surface area contributed by atoms with Gasteiger partial charge in [-0.3, -0.25) is 0 Å². The molecule has 0 fully saturated rings. The molecule has 0 atom stereocenters. The minimum Gasteiger partial charge on any atom is -0.0704 e. The fourth-order valence-corrected chi connectivity index (χ4v) is 2.97. The van der Waals surface area contributed by atoms with Crippen LogP contribution in [0.2, 0.25) is 0 Å². The molecule has 0 rings (SSSR count). The summed E-state index contributed by atoms with van der Waals surface area (Å²) < 4.78 is 0. The van der Waals surface area contributed by atoms with Crippen LogP contribution in [0.4, 0.5) is 0 Å². The van der Waals surface area contributed by atoms with Crippen LogP contribution in [0, 0.1) is 0 Å². The number of unbranched alkanes of at least 4 members (excludes halogenated alkanes) is 17. The first kappa shape index (κ1) is 26.2. The van der Waals surface area contributed by atoms with Crippen molar-refractivity contribution in [3.63, 3.8) is 0 Å². The number of hydrogen-bond acceptors (Lipinski definition) is 0. The topological polar surface area (TPSA) is 0 Å². The molecular formula is C20H42Cl2P. The normalized spacial score (nSPS) is 10.4. The van der Waals surface area contributed by atoms with E-state index < -0.39 is 0 Å². The summed E-state index contributed by atoms with van der Waals surface area (Å²) in [5, 5.41) is 0. The van der Waals surface area contributed by atoms with Gasteiger partial charge in [0.1, 0.15) is 7.29 Å². The highest BCUT2D eigenvalue weighted by Crippen LogP contribution is 2.19. The van der Waals surface area contributed by atoms with Crippen molar-refractivity contribution in [1.82, 2.24) is 0 Å². The van der Waals surface area contributed by atoms with E-state index in [1.807, 2.05) is 0 Å². The third-order valence-electron chi connectivity index (χ3n) is 4.46. The molecule has 0 unspecified atom stereocenters. The minimum absolute atomic E-state index is 0.361. The van der Waals surface area contributed by atoms with Gasteiger partial charge in [-0.15, -0.1) is 0 Å². The Morgan fingerprint density at radius 3 is 0.652 bits per heavy atom. The van der Waals surface area contributed by atoms with Gasteiger partial charge in [0.25, 0.3) is 0 Å². The van der Waals surface area contributed by atoms with Crippen LogP contribution < -0.4 is 0 Å². The van der Waals surface area contributed by atoms with Crippen LogP contribution in [0.3, 0.4) is 0 Å². The van der Waals surface area contributed by atoms with Gasteiger partial charge in [-0.1, -0.05) is 152 Å². The van der Waals surface area contributed by atoms with Gasteiger partial charge in [0.05, 0.1) is 0 Å². The zero-order chi connectivity index (χ0) is 17.4. The molecular weight excluding hydrogens is 342 g/mol. The van der Waals surface area contributed by atoms with Crippen LogP contribution in [-0.2, 0) is 0 Å². The lowest BCUT2D eigenvalue weighted by atomic mass is 10.0. The lowest BCUT2D eigenvalue weighted by Gasteiger charge is -2.03. The molecule has 3 heteroatoms. The van der Waals surface area contributed by atoms with Crippen molar-refractivity contribution in [2.45, 2.75) is 129 Å². The molecule has 0 aromatic heterocycles. The van der Waals surface area contributed by atoms with Gasteiger partial charge >= 0.3 is 0 Å². The van der Waals surface area contributed by atoms with E-state index in [0.717, 1.165) is 0 Å². The van der Waals surface area contributed by atoms with Crippen molar-refractivity contribution in [3.05, 3.63) is 0 Å². The Morgan fingerprint density at radius 2 is 0.522 bits per heavy atom. The highest BCUT2D eigenvalue weighted by molar-refractivity contribution is 7.90. The van der Waals surface area contributed by atoms with Crippen molar-refractivity contribution in [1.29, 1.82) is 0 Å². The first-order chi connectivity index (χ1) is 11.3. The summed E-state index contributed by atoms with van der Waals surface area (Å²) in [6, 6.07) is 0. The van der Waals surface area contributed by atoms with Gasteiger partial charge in [-0.05, 0) is 0 Å². The molecule has 0 spiro atoms. The van der Waals surface area contributed by atoms with Crippen LogP contribution in [0.1, 0.15) is 129 Å². The largest absolute Gasteiger partial charge is 0.141 e. The van der Waals surface area contributed by atoms with E-state index in [-0.39, 0.29) is 0 Å². The molecule has 0 amide bonds. The van der Waals surface area contributed by atoms with Gasteiger partial charge in [0, 0.05) is 0 Å². The van der Waals surface area contributed by atoms with Gasteiger partial charge in [-0.2, -0.15) is 0 Å². The predicted molar refractivity (Wildman–Crippen MR) is 113 cm³/mol. The zero-order valence-electron chi connectivity index (χ0n) is 15.9. The van der Waals surface area contributed by atoms with Crippen LogP contribution in [0.5, 0.6) is 0 Å². The molecule has 0 aromatic rings. The number of halogens is 2. The molecule has 0 saturated carbocycles. The number of rotatable bonds is 17. The van der Waals surface area contributed by atoms with Crippen molar-refractivity contribution in [3.8, 4) is 0 Å². The lowest BCUT2D eigenvalue weighted by molar-refractivity contribution is 0.526. The first-order valence-electron chi connectivity index (χ1n) is 10.3. The van der Waals surface area contributed by atoms with E-state index in [1.165, 1.54) is 116 Å². The molecule has 0 saturated heterocycles. The van der Waals surface area contributed by atoms with Gasteiger partial charge in [-0.25, -0.2) is 0 Å². The summed E-state index contributed by atoms with van der Waals surface area (Å²) in [4.78, 5) is 0. The summed E-state index contributed by atoms with van der Waals surface area (Å²) in [6.07, 6.45) is 26.4. The third-order valence-corrected chi connectivity index (χ3v) is 4.46. The Morgan fingerprint density at radius 1 is 0.391 bits per heavy atom. The Kier molecular flexibility index (Phi) is 31.8. The highest BCUT2D eigenvalue weighted by atomic mass is 35.9. The second-order valence-corrected chi connectivity index (χ2v) is 8.38. The fourth-order valence-electron chi connectivity index (χ4n) is 2.97. The second-order valence-electron chi connectivity index (χ2n) is 6.72. The van der Waals surface area contributed by atoms with Gasteiger partial charge < -0.3 is 0 Å². The van der Waals surface area contributed by atoms with E-state index in [2.05, 4.69) is 13.8 Å². The number of hydrogen-bond donors (Lipinski definition) is 0. The molecule has 0 aliphatic carbocycles. The molecule has 0 aromatic carbocycles. The molecule has 0 aliphatic rings. The third kappa shape index (κ3) is 31.3. The van der Waals surface area contributed by atoms with Crippen molar-refractivity contribution < 1.29 is 0 Å². The van der Waals surface area contributed by atoms with Crippen LogP contribution >= 0.6 is 29.8 Å². The average Bonchev–Trinajstić information content (AvgIpc) is 2.55. The van der Waals surface area contributed by atoms with E-state index in [0.29, 0.717) is 7.29 Å². The van der Waals surface area contributed by atoms with Gasteiger partial charge in [0.2, 0.25) is 0 Å². The van der Waals surface area contributed by atoms with E-state index in [4.69, 9.17) is 22.5 Å². The smallest absolute Gasteiger partial charge is 0.0704 e. The highest BCUT2D eigenvalue weighted by Gasteiger charge is 1.94. The molecule has 141 valence electrons. The second kappa shape index (κ2) is 27.8. The first-order valence-corrected chi connectivity index (χ1v) is 13.0. The molecule has 0 N–H and O–H groups in total. The fraction of sp³-hybridized carbons (Fsp3) is 1.00. The summed E-state index contributed by atoms with van der Waals surface area (Å²) >= 11 is 9.47. The van der Waals surface area contributed by atoms with Crippen LogP contribution in [0.15, 0.2) is 0 Å². The average molecular weight is 384 g/mol. The Labute approximate surface area is 159 Å². The minimum atomic E-state index is 0.361.